The molecule has 1 fully saturated rings. The summed E-state index contributed by atoms with van der Waals surface area (Å²) in [7, 11) is -1.91. The monoisotopic (exact) mass is 268 g/mol. The van der Waals surface area contributed by atoms with Crippen LogP contribution < -0.4 is 10.0 Å². The summed E-state index contributed by atoms with van der Waals surface area (Å²) in [4.78, 5) is 0.301. The molecule has 0 amide bonds. The van der Waals surface area contributed by atoms with Gasteiger partial charge in [0.2, 0.25) is 10.0 Å². The van der Waals surface area contributed by atoms with Crippen LogP contribution in [0.5, 0.6) is 0 Å². The molecule has 0 heterocycles. The molecule has 0 aromatic heterocycles. The van der Waals surface area contributed by atoms with Crippen LogP contribution >= 0.6 is 0 Å². The van der Waals surface area contributed by atoms with E-state index in [9.17, 15) is 8.42 Å². The second kappa shape index (κ2) is 5.28. The number of sulfonamides is 1. The third-order valence-electron chi connectivity index (χ3n) is 3.42. The molecule has 1 saturated carbocycles. The molecular formula is C13H20N2O2S. The van der Waals surface area contributed by atoms with Gasteiger partial charge in [-0.3, -0.25) is 0 Å². The maximum absolute atomic E-state index is 11.6. The summed E-state index contributed by atoms with van der Waals surface area (Å²) in [5.41, 5.74) is 0.990. The van der Waals surface area contributed by atoms with Crippen LogP contribution in [-0.4, -0.2) is 21.5 Å². The Hall–Kier alpha value is -1.07. The van der Waals surface area contributed by atoms with E-state index in [2.05, 4.69) is 17.0 Å². The third kappa shape index (κ3) is 3.03. The van der Waals surface area contributed by atoms with Crippen LogP contribution in [0.3, 0.4) is 0 Å². The molecule has 1 aliphatic rings. The highest BCUT2D eigenvalue weighted by Gasteiger charge is 2.29. The van der Waals surface area contributed by atoms with Crippen LogP contribution in [0.2, 0.25) is 0 Å². The number of nitrogens with one attached hydrogen (secondary N) is 2. The van der Waals surface area contributed by atoms with Crippen molar-refractivity contribution in [1.29, 1.82) is 0 Å². The molecule has 2 N–H and O–H groups in total. The lowest BCUT2D eigenvalue weighted by molar-refractivity contribution is 0.588. The van der Waals surface area contributed by atoms with Gasteiger partial charge in [-0.1, -0.05) is 6.92 Å². The number of rotatable bonds is 6. The summed E-state index contributed by atoms with van der Waals surface area (Å²) in [5.74, 6) is 0.788. The van der Waals surface area contributed by atoms with Crippen molar-refractivity contribution in [2.75, 3.05) is 12.4 Å². The van der Waals surface area contributed by atoms with E-state index >= 15 is 0 Å². The topological polar surface area (TPSA) is 58.2 Å². The standard InChI is InChI=1S/C13H20N2O2S/c1-3-13(10-4-5-10)15-11-6-8-12(9-7-11)18(16,17)14-2/h6-10,13-15H,3-5H2,1-2H3. The van der Waals surface area contributed by atoms with Gasteiger partial charge >= 0.3 is 0 Å². The maximum atomic E-state index is 11.6. The average molecular weight is 268 g/mol. The van der Waals surface area contributed by atoms with E-state index in [1.54, 1.807) is 12.1 Å². The van der Waals surface area contributed by atoms with Gasteiger partial charge in [-0.2, -0.15) is 0 Å². The Morgan fingerprint density at radius 3 is 2.33 bits per heavy atom. The fourth-order valence-corrected chi connectivity index (χ4v) is 2.84. The van der Waals surface area contributed by atoms with Crippen molar-refractivity contribution in [2.24, 2.45) is 5.92 Å². The predicted molar refractivity (Wildman–Crippen MR) is 73.1 cm³/mol. The van der Waals surface area contributed by atoms with Crippen molar-refractivity contribution in [2.45, 2.75) is 37.1 Å². The Labute approximate surface area is 109 Å². The molecule has 5 heteroatoms. The van der Waals surface area contributed by atoms with Crippen molar-refractivity contribution in [3.8, 4) is 0 Å². The van der Waals surface area contributed by atoms with E-state index in [0.29, 0.717) is 10.9 Å². The lowest BCUT2D eigenvalue weighted by atomic mass is 10.1. The van der Waals surface area contributed by atoms with E-state index in [1.807, 2.05) is 12.1 Å². The smallest absolute Gasteiger partial charge is 0.240 e. The molecule has 1 unspecified atom stereocenters. The second-order valence-corrected chi connectivity index (χ2v) is 6.61. The van der Waals surface area contributed by atoms with Gasteiger partial charge in [0.1, 0.15) is 0 Å². The maximum Gasteiger partial charge on any atom is 0.240 e. The highest BCUT2D eigenvalue weighted by molar-refractivity contribution is 7.89. The van der Waals surface area contributed by atoms with Crippen LogP contribution in [0.1, 0.15) is 26.2 Å². The zero-order chi connectivity index (χ0) is 13.2. The van der Waals surface area contributed by atoms with Gasteiger partial charge in [0.25, 0.3) is 0 Å². The van der Waals surface area contributed by atoms with Gasteiger partial charge in [-0.15, -0.1) is 0 Å². The molecule has 1 aliphatic carbocycles. The Balaban J connectivity index is 2.07. The number of benzene rings is 1. The van der Waals surface area contributed by atoms with E-state index in [0.717, 1.165) is 18.0 Å². The van der Waals surface area contributed by atoms with Gasteiger partial charge in [0.05, 0.1) is 4.90 Å². The molecule has 1 aromatic carbocycles. The molecule has 0 bridgehead atoms. The Bertz CT molecular complexity index is 492. The summed E-state index contributed by atoms with van der Waals surface area (Å²) < 4.78 is 25.5. The molecule has 1 aromatic rings. The average Bonchev–Trinajstić information content (AvgIpc) is 3.21. The Morgan fingerprint density at radius 2 is 1.89 bits per heavy atom. The molecule has 0 saturated heterocycles. The van der Waals surface area contributed by atoms with Crippen molar-refractivity contribution in [1.82, 2.24) is 4.72 Å². The van der Waals surface area contributed by atoms with E-state index < -0.39 is 10.0 Å². The number of anilines is 1. The van der Waals surface area contributed by atoms with Crippen LogP contribution in [0, 0.1) is 5.92 Å². The van der Waals surface area contributed by atoms with Crippen LogP contribution in [0.15, 0.2) is 29.2 Å². The number of hydrogen-bond donors (Lipinski definition) is 2. The molecule has 4 nitrogen and oxygen atoms in total. The highest BCUT2D eigenvalue weighted by atomic mass is 32.2. The fourth-order valence-electron chi connectivity index (χ4n) is 2.11. The van der Waals surface area contributed by atoms with E-state index in [4.69, 9.17) is 0 Å². The summed E-state index contributed by atoms with van der Waals surface area (Å²) in [6.07, 6.45) is 3.71. The molecule has 18 heavy (non-hydrogen) atoms. The van der Waals surface area contributed by atoms with Gasteiger partial charge < -0.3 is 5.32 Å². The minimum atomic E-state index is -3.33. The van der Waals surface area contributed by atoms with Crippen molar-refractivity contribution in [3.63, 3.8) is 0 Å². The molecular weight excluding hydrogens is 248 g/mol. The summed E-state index contributed by atoms with van der Waals surface area (Å²) in [6, 6.07) is 7.43. The summed E-state index contributed by atoms with van der Waals surface area (Å²) >= 11 is 0. The molecule has 0 radical (unpaired) electrons. The second-order valence-electron chi connectivity index (χ2n) is 4.73. The normalized spacial score (nSPS) is 17.4. The van der Waals surface area contributed by atoms with Crippen LogP contribution in [0.25, 0.3) is 0 Å². The summed E-state index contributed by atoms with van der Waals surface area (Å²) in [6.45, 7) is 2.18. The summed E-state index contributed by atoms with van der Waals surface area (Å²) in [5, 5.41) is 3.47. The first-order valence-corrected chi connectivity index (χ1v) is 7.85. The molecule has 2 rings (SSSR count). The van der Waals surface area contributed by atoms with Crippen molar-refractivity contribution in [3.05, 3.63) is 24.3 Å². The van der Waals surface area contributed by atoms with Gasteiger partial charge in [-0.25, -0.2) is 13.1 Å². The van der Waals surface area contributed by atoms with Gasteiger partial charge in [0.15, 0.2) is 0 Å². The first-order chi connectivity index (χ1) is 8.56. The van der Waals surface area contributed by atoms with Crippen molar-refractivity contribution >= 4 is 15.7 Å². The van der Waals surface area contributed by atoms with Crippen LogP contribution in [-0.2, 0) is 10.0 Å². The SMILES string of the molecule is CCC(Nc1ccc(S(=O)(=O)NC)cc1)C1CC1. The quantitative estimate of drug-likeness (QED) is 0.831. The highest BCUT2D eigenvalue weighted by Crippen LogP contribution is 2.35. The van der Waals surface area contributed by atoms with E-state index in [-0.39, 0.29) is 0 Å². The zero-order valence-electron chi connectivity index (χ0n) is 10.8. The zero-order valence-corrected chi connectivity index (χ0v) is 11.6. The predicted octanol–water partition coefficient (Wildman–Crippen LogP) is 2.20. The fraction of sp³-hybridized carbons (Fsp3) is 0.538. The Morgan fingerprint density at radius 1 is 1.28 bits per heavy atom. The number of hydrogen-bond acceptors (Lipinski definition) is 3. The molecule has 100 valence electrons. The van der Waals surface area contributed by atoms with Gasteiger partial charge in [0, 0.05) is 11.7 Å². The van der Waals surface area contributed by atoms with Crippen LogP contribution in [0.4, 0.5) is 5.69 Å². The lowest BCUT2D eigenvalue weighted by Crippen LogP contribution is -2.21. The first-order valence-electron chi connectivity index (χ1n) is 6.37. The Kier molecular flexibility index (Phi) is 3.92. The van der Waals surface area contributed by atoms with Gasteiger partial charge in [-0.05, 0) is 56.5 Å². The minimum absolute atomic E-state index is 0.301. The lowest BCUT2D eigenvalue weighted by Gasteiger charge is -2.17. The first kappa shape index (κ1) is 13.4. The largest absolute Gasteiger partial charge is 0.382 e. The van der Waals surface area contributed by atoms with Crippen molar-refractivity contribution < 1.29 is 8.42 Å². The molecule has 0 spiro atoms. The van der Waals surface area contributed by atoms with E-state index in [1.165, 1.54) is 19.9 Å². The minimum Gasteiger partial charge on any atom is -0.382 e. The molecule has 1 atom stereocenters. The third-order valence-corrected chi connectivity index (χ3v) is 4.85. The molecule has 0 aliphatic heterocycles.